The van der Waals surface area contributed by atoms with Crippen LogP contribution >= 0.6 is 23.2 Å². The Morgan fingerprint density at radius 1 is 0.973 bits per heavy atom. The average molecular weight is 566 g/mol. The van der Waals surface area contributed by atoms with E-state index in [-0.39, 0.29) is 22.0 Å². The summed E-state index contributed by atoms with van der Waals surface area (Å²) in [5.74, 6) is -4.84. The van der Waals surface area contributed by atoms with Crippen molar-refractivity contribution in [1.29, 1.82) is 0 Å². The standard InChI is InChI=1S/C23H19Cl2N3O8S/c1-11(21(30)27-15-8-6-13(24)10-14(15)25)26-17-3-2-4-19(20(17)23(33)34)37(35,36)28-16-7-5-12(22(31)32)9-18(16)29/h2-11,26,28-29H,1H3,(H,27,30)(H,31,32)(H,33,34)/p-2. The molecule has 194 valence electrons. The first-order valence-corrected chi connectivity index (χ1v) is 12.5. The Bertz CT molecular complexity index is 1510. The van der Waals surface area contributed by atoms with Crippen molar-refractivity contribution in [2.75, 3.05) is 15.4 Å². The highest BCUT2D eigenvalue weighted by Gasteiger charge is 2.24. The normalized spacial score (nSPS) is 11.9. The number of carboxylic acids is 2. The average Bonchev–Trinajstić information content (AvgIpc) is 2.81. The quantitative estimate of drug-likeness (QED) is 0.302. The second-order valence-electron chi connectivity index (χ2n) is 7.57. The molecule has 0 aliphatic heterocycles. The zero-order valence-electron chi connectivity index (χ0n) is 18.7. The molecule has 0 saturated heterocycles. The number of carbonyl (C=O) groups is 3. The van der Waals surface area contributed by atoms with Gasteiger partial charge in [-0.3, -0.25) is 9.52 Å². The zero-order chi connectivity index (χ0) is 27.5. The van der Waals surface area contributed by atoms with Crippen LogP contribution in [-0.2, 0) is 14.8 Å². The number of nitrogens with one attached hydrogen (secondary N) is 3. The van der Waals surface area contributed by atoms with E-state index < -0.39 is 55.8 Å². The number of rotatable bonds is 9. The van der Waals surface area contributed by atoms with E-state index in [0.29, 0.717) is 11.1 Å². The number of hydrogen-bond acceptors (Lipinski definition) is 8. The number of amides is 1. The van der Waals surface area contributed by atoms with Gasteiger partial charge in [0.1, 0.15) is 6.04 Å². The van der Waals surface area contributed by atoms with Gasteiger partial charge in [-0.1, -0.05) is 41.1 Å². The van der Waals surface area contributed by atoms with Gasteiger partial charge in [-0.15, -0.1) is 0 Å². The Hall–Kier alpha value is -4.00. The molecule has 0 spiro atoms. The predicted molar refractivity (Wildman–Crippen MR) is 133 cm³/mol. The highest BCUT2D eigenvalue weighted by molar-refractivity contribution is 7.92. The molecule has 3 aromatic carbocycles. The molecule has 1 unspecified atom stereocenters. The van der Waals surface area contributed by atoms with Crippen LogP contribution in [0.4, 0.5) is 17.1 Å². The second-order valence-corrected chi connectivity index (χ2v) is 10.1. The van der Waals surface area contributed by atoms with Gasteiger partial charge in [0.15, 0.2) is 0 Å². The van der Waals surface area contributed by atoms with E-state index in [1.165, 1.54) is 37.3 Å². The SMILES string of the molecule is CC(Nc1cccc(S(=O)(=O)Nc2ccc(C(=O)O)cc2[O-])c1C(=O)[O-])C(=O)Nc1ccc(Cl)cc1Cl. The van der Waals surface area contributed by atoms with Gasteiger partial charge in [-0.05, 0) is 49.4 Å². The molecule has 0 aromatic heterocycles. The summed E-state index contributed by atoms with van der Waals surface area (Å²) in [6.45, 7) is 1.39. The second kappa shape index (κ2) is 10.9. The topological polar surface area (TPSA) is 188 Å². The highest BCUT2D eigenvalue weighted by atomic mass is 35.5. The molecule has 4 N–H and O–H groups in total. The van der Waals surface area contributed by atoms with Crippen molar-refractivity contribution in [3.63, 3.8) is 0 Å². The van der Waals surface area contributed by atoms with Gasteiger partial charge >= 0.3 is 5.97 Å². The molecule has 1 amide bonds. The number of benzene rings is 3. The molecule has 0 heterocycles. The maximum absolute atomic E-state index is 13.0. The molecule has 0 fully saturated rings. The van der Waals surface area contributed by atoms with Crippen molar-refractivity contribution in [1.82, 2.24) is 0 Å². The van der Waals surface area contributed by atoms with Crippen LogP contribution in [0, 0.1) is 0 Å². The van der Waals surface area contributed by atoms with Gasteiger partial charge in [0.2, 0.25) is 5.91 Å². The number of carboxylic acid groups (broad SMARTS) is 2. The molecule has 0 radical (unpaired) electrons. The number of aromatic carboxylic acids is 2. The van der Waals surface area contributed by atoms with Gasteiger partial charge in [0, 0.05) is 22.0 Å². The maximum atomic E-state index is 13.0. The zero-order valence-corrected chi connectivity index (χ0v) is 21.1. The van der Waals surface area contributed by atoms with E-state index in [1.807, 2.05) is 4.72 Å². The Balaban J connectivity index is 1.90. The van der Waals surface area contributed by atoms with Crippen molar-refractivity contribution in [2.24, 2.45) is 0 Å². The van der Waals surface area contributed by atoms with Crippen molar-refractivity contribution in [2.45, 2.75) is 17.9 Å². The molecule has 1 atom stereocenters. The number of hydrogen-bond donors (Lipinski definition) is 4. The van der Waals surface area contributed by atoms with Crippen LogP contribution in [0.1, 0.15) is 27.6 Å². The van der Waals surface area contributed by atoms with Gasteiger partial charge in [-0.2, -0.15) is 0 Å². The third kappa shape index (κ3) is 6.42. The molecule has 11 nitrogen and oxygen atoms in total. The minimum Gasteiger partial charge on any atom is -0.871 e. The monoisotopic (exact) mass is 565 g/mol. The Morgan fingerprint density at radius 2 is 1.65 bits per heavy atom. The lowest BCUT2D eigenvalue weighted by Gasteiger charge is -2.22. The van der Waals surface area contributed by atoms with Crippen LogP contribution in [0.2, 0.25) is 10.0 Å². The summed E-state index contributed by atoms with van der Waals surface area (Å²) in [6, 6.07) is 9.37. The van der Waals surface area contributed by atoms with Gasteiger partial charge < -0.3 is 30.7 Å². The third-order valence-electron chi connectivity index (χ3n) is 4.95. The maximum Gasteiger partial charge on any atom is 0.335 e. The number of sulfonamides is 1. The summed E-state index contributed by atoms with van der Waals surface area (Å²) < 4.78 is 27.9. The number of halogens is 2. The summed E-state index contributed by atoms with van der Waals surface area (Å²) in [5.41, 5.74) is -1.67. The number of carbonyl (C=O) groups excluding carboxylic acids is 2. The van der Waals surface area contributed by atoms with Crippen molar-refractivity contribution in [3.05, 3.63) is 75.8 Å². The molecule has 0 aliphatic rings. The summed E-state index contributed by atoms with van der Waals surface area (Å²) >= 11 is 11.9. The smallest absolute Gasteiger partial charge is 0.335 e. The Morgan fingerprint density at radius 3 is 2.24 bits per heavy atom. The molecular weight excluding hydrogens is 549 g/mol. The van der Waals surface area contributed by atoms with Crippen molar-refractivity contribution in [3.8, 4) is 5.75 Å². The van der Waals surface area contributed by atoms with Crippen LogP contribution in [0.15, 0.2) is 59.5 Å². The van der Waals surface area contributed by atoms with E-state index in [2.05, 4.69) is 10.6 Å². The van der Waals surface area contributed by atoms with Gasteiger partial charge in [0.25, 0.3) is 10.0 Å². The van der Waals surface area contributed by atoms with Crippen molar-refractivity contribution < 1.29 is 38.1 Å². The fraction of sp³-hybridized carbons (Fsp3) is 0.0870. The molecule has 3 rings (SSSR count). The lowest BCUT2D eigenvalue weighted by Crippen LogP contribution is -2.34. The van der Waals surface area contributed by atoms with Crippen LogP contribution in [0.3, 0.4) is 0 Å². The molecule has 14 heteroatoms. The first-order chi connectivity index (χ1) is 17.3. The minimum atomic E-state index is -4.67. The highest BCUT2D eigenvalue weighted by Crippen LogP contribution is 2.30. The van der Waals surface area contributed by atoms with Crippen LogP contribution in [0.5, 0.6) is 5.75 Å². The fourth-order valence-electron chi connectivity index (χ4n) is 3.16. The lowest BCUT2D eigenvalue weighted by molar-refractivity contribution is -0.267. The summed E-state index contributed by atoms with van der Waals surface area (Å²) in [6.07, 6.45) is 0. The van der Waals surface area contributed by atoms with Crippen LogP contribution in [-0.4, -0.2) is 37.4 Å². The van der Waals surface area contributed by atoms with Crippen molar-refractivity contribution >= 4 is 68.1 Å². The molecule has 0 aliphatic carbocycles. The van der Waals surface area contributed by atoms with Crippen LogP contribution < -0.4 is 25.6 Å². The largest absolute Gasteiger partial charge is 0.871 e. The van der Waals surface area contributed by atoms with Gasteiger partial charge in [-0.25, -0.2) is 13.2 Å². The molecule has 0 bridgehead atoms. The molecule has 37 heavy (non-hydrogen) atoms. The Kier molecular flexibility index (Phi) is 8.16. The fourth-order valence-corrected chi connectivity index (χ4v) is 4.90. The van der Waals surface area contributed by atoms with E-state index in [4.69, 9.17) is 28.3 Å². The Labute approximate surface area is 220 Å². The lowest BCUT2D eigenvalue weighted by atomic mass is 10.1. The summed E-state index contributed by atoms with van der Waals surface area (Å²) in [4.78, 5) is 34.8. The van der Waals surface area contributed by atoms with E-state index in [1.54, 1.807) is 0 Å². The molecular formula is C23H17Cl2N3O8S-2. The summed E-state index contributed by atoms with van der Waals surface area (Å²) in [7, 11) is -4.67. The van der Waals surface area contributed by atoms with E-state index in [0.717, 1.165) is 18.2 Å². The predicted octanol–water partition coefficient (Wildman–Crippen LogP) is 2.37. The van der Waals surface area contributed by atoms with Crippen LogP contribution in [0.25, 0.3) is 0 Å². The molecule has 0 saturated carbocycles. The minimum absolute atomic E-state index is 0.164. The third-order valence-corrected chi connectivity index (χ3v) is 6.90. The molecule has 3 aromatic rings. The first-order valence-electron chi connectivity index (χ1n) is 10.2. The summed E-state index contributed by atoms with van der Waals surface area (Å²) in [5, 5.41) is 38.7. The van der Waals surface area contributed by atoms with E-state index >= 15 is 0 Å². The number of anilines is 3. The first kappa shape index (κ1) is 27.6. The van der Waals surface area contributed by atoms with Gasteiger partial charge in [0.05, 0.1) is 27.1 Å². The van der Waals surface area contributed by atoms with E-state index in [9.17, 15) is 33.0 Å².